The third-order valence-electron chi connectivity index (χ3n) is 4.76. The van der Waals surface area contributed by atoms with Crippen LogP contribution in [0.25, 0.3) is 11.0 Å². The Kier molecular flexibility index (Phi) is 2.85. The Morgan fingerprint density at radius 3 is 2.75 bits per heavy atom. The molecule has 5 rings (SSSR count). The highest BCUT2D eigenvalue weighted by Crippen LogP contribution is 2.36. The molecular formula is C18H15N3O3. The van der Waals surface area contributed by atoms with Crippen molar-refractivity contribution in [2.24, 2.45) is 0 Å². The average Bonchev–Trinajstić information content (AvgIpc) is 3.13. The molecule has 3 heterocycles. The van der Waals surface area contributed by atoms with Crippen LogP contribution < -0.4 is 15.3 Å². The van der Waals surface area contributed by atoms with E-state index in [2.05, 4.69) is 9.97 Å². The minimum Gasteiger partial charge on any atom is -0.473 e. The molecule has 0 radical (unpaired) electrons. The summed E-state index contributed by atoms with van der Waals surface area (Å²) in [6.07, 6.45) is 6.16. The quantitative estimate of drug-likeness (QED) is 0.641. The van der Waals surface area contributed by atoms with Gasteiger partial charge in [-0.25, -0.2) is 14.8 Å². The second-order valence-electron chi connectivity index (χ2n) is 6.14. The van der Waals surface area contributed by atoms with Gasteiger partial charge in [-0.1, -0.05) is 0 Å². The summed E-state index contributed by atoms with van der Waals surface area (Å²) in [6.45, 7) is 0.927. The highest BCUT2D eigenvalue weighted by molar-refractivity contribution is 5.87. The van der Waals surface area contributed by atoms with Crippen LogP contribution in [-0.2, 0) is 19.4 Å². The van der Waals surface area contributed by atoms with E-state index in [1.54, 1.807) is 18.5 Å². The number of anilines is 1. The standard InChI is InChI=1S/C18H15N3O3/c22-17-13-4-1-3-11(13)12-5-6-15-14(16(12)24-17)9-21(10-23-15)18-19-7-2-8-20-18/h2,5-8H,1,3-4,9-10H2. The molecule has 6 nitrogen and oxygen atoms in total. The molecule has 120 valence electrons. The van der Waals surface area contributed by atoms with Gasteiger partial charge in [-0.2, -0.15) is 0 Å². The van der Waals surface area contributed by atoms with Crippen molar-refractivity contribution >= 4 is 16.9 Å². The first-order chi connectivity index (χ1) is 11.8. The number of rotatable bonds is 1. The van der Waals surface area contributed by atoms with Crippen LogP contribution in [0.1, 0.15) is 23.1 Å². The summed E-state index contributed by atoms with van der Waals surface area (Å²) in [4.78, 5) is 22.8. The Hall–Kier alpha value is -2.89. The van der Waals surface area contributed by atoms with Gasteiger partial charge in [0.1, 0.15) is 11.3 Å². The molecule has 0 N–H and O–H groups in total. The van der Waals surface area contributed by atoms with E-state index in [4.69, 9.17) is 9.15 Å². The van der Waals surface area contributed by atoms with Crippen molar-refractivity contribution in [2.45, 2.75) is 25.8 Å². The second-order valence-corrected chi connectivity index (χ2v) is 6.14. The fourth-order valence-corrected chi connectivity index (χ4v) is 3.64. The lowest BCUT2D eigenvalue weighted by molar-refractivity contribution is 0.286. The van der Waals surface area contributed by atoms with Crippen LogP contribution in [0, 0.1) is 0 Å². The van der Waals surface area contributed by atoms with Gasteiger partial charge in [0.05, 0.1) is 12.1 Å². The van der Waals surface area contributed by atoms with E-state index in [9.17, 15) is 4.79 Å². The molecule has 0 amide bonds. The van der Waals surface area contributed by atoms with Gasteiger partial charge in [0, 0.05) is 23.3 Å². The van der Waals surface area contributed by atoms with Gasteiger partial charge in [-0.15, -0.1) is 0 Å². The Morgan fingerprint density at radius 1 is 1.04 bits per heavy atom. The minimum absolute atomic E-state index is 0.212. The summed E-state index contributed by atoms with van der Waals surface area (Å²) in [6, 6.07) is 5.76. The summed E-state index contributed by atoms with van der Waals surface area (Å²) in [5, 5.41) is 1.03. The topological polar surface area (TPSA) is 68.5 Å². The van der Waals surface area contributed by atoms with Crippen molar-refractivity contribution in [1.29, 1.82) is 0 Å². The van der Waals surface area contributed by atoms with Gasteiger partial charge in [0.25, 0.3) is 0 Å². The van der Waals surface area contributed by atoms with Gasteiger partial charge in [-0.3, -0.25) is 0 Å². The molecule has 0 atom stereocenters. The third-order valence-corrected chi connectivity index (χ3v) is 4.76. The highest BCUT2D eigenvalue weighted by atomic mass is 16.5. The molecule has 1 aliphatic heterocycles. The SMILES string of the molecule is O=c1oc2c3c(ccc2c2c1CCC2)OCN(c1ncccn1)C3. The van der Waals surface area contributed by atoms with Gasteiger partial charge in [0.2, 0.25) is 5.95 Å². The summed E-state index contributed by atoms with van der Waals surface area (Å²) in [5.74, 6) is 1.36. The first-order valence-corrected chi connectivity index (χ1v) is 8.06. The third kappa shape index (κ3) is 1.92. The number of aryl methyl sites for hydroxylation is 1. The van der Waals surface area contributed by atoms with Crippen molar-refractivity contribution in [2.75, 3.05) is 11.6 Å². The number of hydrogen-bond acceptors (Lipinski definition) is 6. The molecule has 0 unspecified atom stereocenters. The van der Waals surface area contributed by atoms with Crippen molar-refractivity contribution in [3.8, 4) is 5.75 Å². The Labute approximate surface area is 137 Å². The van der Waals surface area contributed by atoms with Gasteiger partial charge >= 0.3 is 5.63 Å². The van der Waals surface area contributed by atoms with Crippen LogP contribution in [0.3, 0.4) is 0 Å². The molecule has 0 spiro atoms. The fraction of sp³-hybridized carbons (Fsp3) is 0.278. The lowest BCUT2D eigenvalue weighted by Crippen LogP contribution is -2.33. The van der Waals surface area contributed by atoms with E-state index >= 15 is 0 Å². The van der Waals surface area contributed by atoms with Crippen molar-refractivity contribution in [3.63, 3.8) is 0 Å². The van der Waals surface area contributed by atoms with Crippen LogP contribution in [0.4, 0.5) is 5.95 Å². The molecule has 2 aliphatic rings. The summed E-state index contributed by atoms with van der Waals surface area (Å²) in [5.41, 5.74) is 3.29. The second kappa shape index (κ2) is 5.06. The van der Waals surface area contributed by atoms with Crippen molar-refractivity contribution in [1.82, 2.24) is 9.97 Å². The first kappa shape index (κ1) is 13.5. The molecule has 2 aromatic heterocycles. The highest BCUT2D eigenvalue weighted by Gasteiger charge is 2.26. The Balaban J connectivity index is 1.68. The molecular weight excluding hydrogens is 306 g/mol. The molecule has 0 fully saturated rings. The Morgan fingerprint density at radius 2 is 1.88 bits per heavy atom. The molecule has 3 aromatic rings. The zero-order valence-corrected chi connectivity index (χ0v) is 13.0. The maximum atomic E-state index is 12.3. The lowest BCUT2D eigenvalue weighted by atomic mass is 10.0. The summed E-state index contributed by atoms with van der Waals surface area (Å²) < 4.78 is 11.5. The predicted octanol–water partition coefficient (Wildman–Crippen LogP) is 2.43. The largest absolute Gasteiger partial charge is 0.473 e. The smallest absolute Gasteiger partial charge is 0.339 e. The van der Waals surface area contributed by atoms with Crippen LogP contribution in [0.15, 0.2) is 39.8 Å². The molecule has 0 bridgehead atoms. The minimum atomic E-state index is -0.212. The molecule has 6 heteroatoms. The molecule has 1 aromatic carbocycles. The van der Waals surface area contributed by atoms with Crippen molar-refractivity contribution in [3.05, 3.63) is 57.7 Å². The van der Waals surface area contributed by atoms with Crippen LogP contribution in [0.5, 0.6) is 5.75 Å². The number of benzene rings is 1. The van der Waals surface area contributed by atoms with Gasteiger partial charge in [0.15, 0.2) is 6.73 Å². The van der Waals surface area contributed by atoms with E-state index in [-0.39, 0.29) is 5.63 Å². The van der Waals surface area contributed by atoms with Crippen LogP contribution >= 0.6 is 0 Å². The zero-order chi connectivity index (χ0) is 16.1. The number of nitrogens with zero attached hydrogens (tertiary/aromatic N) is 3. The number of aromatic nitrogens is 2. The number of fused-ring (bicyclic) bond motifs is 5. The fourth-order valence-electron chi connectivity index (χ4n) is 3.64. The molecule has 0 saturated heterocycles. The van der Waals surface area contributed by atoms with Crippen LogP contribution in [-0.4, -0.2) is 16.7 Å². The van der Waals surface area contributed by atoms with Gasteiger partial charge < -0.3 is 14.1 Å². The lowest BCUT2D eigenvalue weighted by Gasteiger charge is -2.29. The van der Waals surface area contributed by atoms with E-state index in [0.29, 0.717) is 24.8 Å². The predicted molar refractivity (Wildman–Crippen MR) is 88.2 cm³/mol. The molecule has 0 saturated carbocycles. The average molecular weight is 321 g/mol. The summed E-state index contributed by atoms with van der Waals surface area (Å²) >= 11 is 0. The molecule has 24 heavy (non-hydrogen) atoms. The van der Waals surface area contributed by atoms with Gasteiger partial charge in [-0.05, 0) is 43.0 Å². The van der Waals surface area contributed by atoms with Crippen LogP contribution in [0.2, 0.25) is 0 Å². The van der Waals surface area contributed by atoms with E-state index < -0.39 is 0 Å². The zero-order valence-electron chi connectivity index (χ0n) is 13.0. The monoisotopic (exact) mass is 321 g/mol. The maximum absolute atomic E-state index is 12.3. The maximum Gasteiger partial charge on any atom is 0.339 e. The van der Waals surface area contributed by atoms with E-state index in [0.717, 1.165) is 47.1 Å². The van der Waals surface area contributed by atoms with E-state index in [1.807, 2.05) is 17.0 Å². The Bertz CT molecular complexity index is 998. The first-order valence-electron chi connectivity index (χ1n) is 8.06. The number of hydrogen-bond donors (Lipinski definition) is 0. The normalized spacial score (nSPS) is 15.9. The van der Waals surface area contributed by atoms with Crippen molar-refractivity contribution < 1.29 is 9.15 Å². The summed E-state index contributed by atoms with van der Waals surface area (Å²) in [7, 11) is 0. The molecule has 1 aliphatic carbocycles. The van der Waals surface area contributed by atoms with E-state index in [1.165, 1.54) is 0 Å². The number of ether oxygens (including phenoxy) is 1.